The quantitative estimate of drug-likeness (QED) is 0.500. The minimum absolute atomic E-state index is 0.205. The minimum Gasteiger partial charge on any atom is -0.482 e. The Labute approximate surface area is 156 Å². The Balaban J connectivity index is 1.56. The smallest absolute Gasteiger partial charge is 0.341 e. The van der Waals surface area contributed by atoms with Crippen LogP contribution < -0.4 is 10.2 Å². The van der Waals surface area contributed by atoms with Gasteiger partial charge in [0.05, 0.1) is 12.6 Å². The van der Waals surface area contributed by atoms with Crippen LogP contribution in [0.15, 0.2) is 71.8 Å². The molecular formula is C21H18N2O4. The third-order valence-electron chi connectivity index (χ3n) is 3.88. The van der Waals surface area contributed by atoms with Crippen molar-refractivity contribution in [3.63, 3.8) is 0 Å². The highest BCUT2D eigenvalue weighted by molar-refractivity contribution is 5.90. The molecule has 0 aliphatic carbocycles. The van der Waals surface area contributed by atoms with Crippen molar-refractivity contribution in [2.75, 3.05) is 6.61 Å². The predicted molar refractivity (Wildman–Crippen MR) is 103 cm³/mol. The maximum atomic E-state index is 12.1. The van der Waals surface area contributed by atoms with E-state index in [1.165, 1.54) is 6.21 Å². The summed E-state index contributed by atoms with van der Waals surface area (Å²) < 4.78 is 5.05. The normalized spacial score (nSPS) is 10.8. The largest absolute Gasteiger partial charge is 0.482 e. The second-order valence-corrected chi connectivity index (χ2v) is 5.86. The maximum Gasteiger partial charge on any atom is 0.341 e. The molecule has 0 spiro atoms. The molecule has 0 heterocycles. The molecule has 0 bridgehead atoms. The number of hydrazone groups is 1. The van der Waals surface area contributed by atoms with Gasteiger partial charge in [-0.15, -0.1) is 0 Å². The van der Waals surface area contributed by atoms with Gasteiger partial charge in [0.1, 0.15) is 5.75 Å². The number of carboxylic acid groups (broad SMARTS) is 1. The van der Waals surface area contributed by atoms with Gasteiger partial charge in [-0.05, 0) is 46.2 Å². The molecule has 3 aromatic carbocycles. The van der Waals surface area contributed by atoms with Crippen molar-refractivity contribution < 1.29 is 19.4 Å². The fourth-order valence-electron chi connectivity index (χ4n) is 2.63. The van der Waals surface area contributed by atoms with Crippen molar-refractivity contribution in [1.29, 1.82) is 0 Å². The Morgan fingerprint density at radius 2 is 1.74 bits per heavy atom. The molecule has 0 fully saturated rings. The number of hydrogen-bond donors (Lipinski definition) is 2. The van der Waals surface area contributed by atoms with E-state index in [0.717, 1.165) is 21.9 Å². The van der Waals surface area contributed by atoms with Crippen LogP contribution in [0.3, 0.4) is 0 Å². The average molecular weight is 362 g/mol. The molecule has 6 heteroatoms. The summed E-state index contributed by atoms with van der Waals surface area (Å²) in [5.41, 5.74) is 4.22. The Hall–Kier alpha value is -3.67. The Morgan fingerprint density at radius 3 is 2.52 bits per heavy atom. The molecule has 0 unspecified atom stereocenters. The Bertz CT molecular complexity index is 976. The fraction of sp³-hybridized carbons (Fsp3) is 0.0952. The lowest BCUT2D eigenvalue weighted by Crippen LogP contribution is -2.19. The lowest BCUT2D eigenvalue weighted by atomic mass is 10.0. The second kappa shape index (κ2) is 8.62. The van der Waals surface area contributed by atoms with Gasteiger partial charge in [-0.3, -0.25) is 4.79 Å². The number of nitrogens with zero attached hydrogens (tertiary/aromatic N) is 1. The van der Waals surface area contributed by atoms with Gasteiger partial charge in [0, 0.05) is 0 Å². The van der Waals surface area contributed by atoms with Crippen LogP contribution in [0.1, 0.15) is 11.1 Å². The van der Waals surface area contributed by atoms with Crippen LogP contribution in [0.5, 0.6) is 5.75 Å². The summed E-state index contributed by atoms with van der Waals surface area (Å²) in [5.74, 6) is -0.784. The monoisotopic (exact) mass is 362 g/mol. The Kier molecular flexibility index (Phi) is 5.79. The highest BCUT2D eigenvalue weighted by atomic mass is 16.5. The first-order chi connectivity index (χ1) is 13.1. The van der Waals surface area contributed by atoms with E-state index in [4.69, 9.17) is 9.84 Å². The lowest BCUT2D eigenvalue weighted by Gasteiger charge is -2.05. The average Bonchev–Trinajstić information content (AvgIpc) is 2.67. The molecule has 136 valence electrons. The van der Waals surface area contributed by atoms with E-state index in [0.29, 0.717) is 5.75 Å². The molecule has 0 radical (unpaired) electrons. The zero-order chi connectivity index (χ0) is 19.1. The van der Waals surface area contributed by atoms with Crippen molar-refractivity contribution in [1.82, 2.24) is 5.43 Å². The first kappa shape index (κ1) is 18.1. The molecule has 6 nitrogen and oxygen atoms in total. The summed E-state index contributed by atoms with van der Waals surface area (Å²) in [5, 5.41) is 14.7. The van der Waals surface area contributed by atoms with E-state index in [1.54, 1.807) is 24.3 Å². The number of carbonyl (C=O) groups excluding carboxylic acids is 1. The summed E-state index contributed by atoms with van der Waals surface area (Å²) in [6, 6.07) is 20.5. The highest BCUT2D eigenvalue weighted by Gasteiger charge is 2.06. The molecule has 0 aliphatic rings. The van der Waals surface area contributed by atoms with Gasteiger partial charge in [-0.1, -0.05) is 42.5 Å². The molecule has 0 atom stereocenters. The first-order valence-corrected chi connectivity index (χ1v) is 8.35. The first-order valence-electron chi connectivity index (χ1n) is 8.35. The van der Waals surface area contributed by atoms with Gasteiger partial charge >= 0.3 is 5.97 Å². The van der Waals surface area contributed by atoms with E-state index < -0.39 is 12.6 Å². The lowest BCUT2D eigenvalue weighted by molar-refractivity contribution is -0.139. The third kappa shape index (κ3) is 5.15. The summed E-state index contributed by atoms with van der Waals surface area (Å²) >= 11 is 0. The number of nitrogens with one attached hydrogen (secondary N) is 1. The molecule has 27 heavy (non-hydrogen) atoms. The number of fused-ring (bicyclic) bond motifs is 1. The van der Waals surface area contributed by atoms with Gasteiger partial charge in [0.25, 0.3) is 0 Å². The highest BCUT2D eigenvalue weighted by Crippen LogP contribution is 2.18. The number of ether oxygens (including phenoxy) is 1. The van der Waals surface area contributed by atoms with E-state index in [9.17, 15) is 9.59 Å². The number of carbonyl (C=O) groups is 2. The van der Waals surface area contributed by atoms with Crippen molar-refractivity contribution in [3.8, 4) is 5.75 Å². The number of benzene rings is 3. The van der Waals surface area contributed by atoms with Crippen molar-refractivity contribution in [2.24, 2.45) is 5.10 Å². The second-order valence-electron chi connectivity index (χ2n) is 5.86. The van der Waals surface area contributed by atoms with E-state index in [2.05, 4.69) is 10.5 Å². The van der Waals surface area contributed by atoms with Crippen LogP contribution >= 0.6 is 0 Å². The van der Waals surface area contributed by atoms with Crippen LogP contribution in [0.4, 0.5) is 0 Å². The fourth-order valence-corrected chi connectivity index (χ4v) is 2.63. The van der Waals surface area contributed by atoms with E-state index in [-0.39, 0.29) is 12.3 Å². The van der Waals surface area contributed by atoms with Crippen LogP contribution in [0, 0.1) is 0 Å². The third-order valence-corrected chi connectivity index (χ3v) is 3.88. The molecule has 0 aliphatic heterocycles. The van der Waals surface area contributed by atoms with E-state index in [1.807, 2.05) is 42.5 Å². The van der Waals surface area contributed by atoms with Gasteiger partial charge in [-0.25, -0.2) is 10.2 Å². The molecule has 2 N–H and O–H groups in total. The zero-order valence-electron chi connectivity index (χ0n) is 14.5. The standard InChI is InChI=1S/C21H18N2O4/c24-20(12-17-6-3-5-16-4-1-2-7-19(16)17)23-22-13-15-8-10-18(11-9-15)27-14-21(25)26/h1-11,13H,12,14H2,(H,23,24)(H,25,26)/b22-13-. The van der Waals surface area contributed by atoms with Gasteiger partial charge in [0.2, 0.25) is 5.91 Å². The van der Waals surface area contributed by atoms with Crippen LogP contribution in [0.2, 0.25) is 0 Å². The molecule has 1 amide bonds. The summed E-state index contributed by atoms with van der Waals surface area (Å²) in [6.45, 7) is -0.391. The molecular weight excluding hydrogens is 344 g/mol. The Morgan fingerprint density at radius 1 is 1.00 bits per heavy atom. The summed E-state index contributed by atoms with van der Waals surface area (Å²) in [6.07, 6.45) is 1.75. The van der Waals surface area contributed by atoms with Gasteiger partial charge < -0.3 is 9.84 Å². The molecule has 3 rings (SSSR count). The van der Waals surface area contributed by atoms with Crippen LogP contribution in [-0.2, 0) is 16.0 Å². The zero-order valence-corrected chi connectivity index (χ0v) is 14.5. The molecule has 3 aromatic rings. The topological polar surface area (TPSA) is 88.0 Å². The summed E-state index contributed by atoms with van der Waals surface area (Å²) in [7, 11) is 0. The predicted octanol–water partition coefficient (Wildman–Crippen LogP) is 3.00. The number of hydrogen-bond acceptors (Lipinski definition) is 4. The van der Waals surface area contributed by atoms with Crippen molar-refractivity contribution in [2.45, 2.75) is 6.42 Å². The number of amides is 1. The minimum atomic E-state index is -1.03. The van der Waals surface area contributed by atoms with Crippen LogP contribution in [0.25, 0.3) is 10.8 Å². The van der Waals surface area contributed by atoms with Crippen LogP contribution in [-0.4, -0.2) is 29.8 Å². The van der Waals surface area contributed by atoms with Gasteiger partial charge in [-0.2, -0.15) is 5.10 Å². The number of carboxylic acids is 1. The van der Waals surface area contributed by atoms with Crippen molar-refractivity contribution in [3.05, 3.63) is 77.9 Å². The molecule has 0 saturated carbocycles. The molecule has 0 aromatic heterocycles. The summed E-state index contributed by atoms with van der Waals surface area (Å²) in [4.78, 5) is 22.6. The maximum absolute atomic E-state index is 12.1. The van der Waals surface area contributed by atoms with E-state index >= 15 is 0 Å². The number of aliphatic carboxylic acids is 1. The van der Waals surface area contributed by atoms with Gasteiger partial charge in [0.15, 0.2) is 6.61 Å². The number of rotatable bonds is 7. The SMILES string of the molecule is O=C(O)COc1ccc(/C=N\NC(=O)Cc2cccc3ccccc23)cc1. The van der Waals surface area contributed by atoms with Crippen molar-refractivity contribution >= 4 is 28.9 Å². The molecule has 0 saturated heterocycles.